The van der Waals surface area contributed by atoms with Gasteiger partial charge in [-0.2, -0.15) is 4.31 Å². The van der Waals surface area contributed by atoms with Crippen molar-refractivity contribution in [3.8, 4) is 0 Å². The maximum atomic E-state index is 12.3. The lowest BCUT2D eigenvalue weighted by atomic mass is 10.0. The number of piperidine rings is 1. The predicted molar refractivity (Wildman–Crippen MR) is 78.7 cm³/mol. The van der Waals surface area contributed by atoms with Crippen LogP contribution in [0.25, 0.3) is 0 Å². The predicted octanol–water partition coefficient (Wildman–Crippen LogP) is 0.742. The monoisotopic (exact) mass is 328 g/mol. The average molecular weight is 328 g/mol. The van der Waals surface area contributed by atoms with Gasteiger partial charge in [-0.25, -0.2) is 8.42 Å². The minimum Gasteiger partial charge on any atom is -0.319 e. The zero-order chi connectivity index (χ0) is 16.3. The first-order chi connectivity index (χ1) is 10.3. The topological polar surface area (TPSA) is 123 Å². The number of rotatable bonds is 4. The van der Waals surface area contributed by atoms with E-state index in [9.17, 15) is 23.3 Å². The fourth-order valence-corrected chi connectivity index (χ4v) is 3.54. The molecule has 1 atom stereocenters. The third kappa shape index (κ3) is 3.57. The van der Waals surface area contributed by atoms with Crippen LogP contribution in [-0.2, 0) is 14.8 Å². The van der Waals surface area contributed by atoms with Crippen LogP contribution in [0.3, 0.4) is 0 Å². The maximum absolute atomic E-state index is 12.3. The minimum atomic E-state index is -3.51. The van der Waals surface area contributed by atoms with Gasteiger partial charge in [0.15, 0.2) is 0 Å². The van der Waals surface area contributed by atoms with Crippen molar-refractivity contribution in [2.45, 2.75) is 25.3 Å². The summed E-state index contributed by atoms with van der Waals surface area (Å²) >= 11 is 0. The smallest absolute Gasteiger partial charge is 0.310 e. The third-order valence-corrected chi connectivity index (χ3v) is 4.73. The summed E-state index contributed by atoms with van der Waals surface area (Å²) in [7, 11) is -3.51. The van der Waals surface area contributed by atoms with Crippen LogP contribution >= 0.6 is 0 Å². The number of carbonyl (C=O) groups is 1. The van der Waals surface area contributed by atoms with Crippen LogP contribution in [0.15, 0.2) is 18.5 Å². The van der Waals surface area contributed by atoms with Gasteiger partial charge in [-0.1, -0.05) is 6.42 Å². The first-order valence-electron chi connectivity index (χ1n) is 6.67. The van der Waals surface area contributed by atoms with E-state index in [1.165, 1.54) is 12.3 Å². The molecule has 1 aliphatic heterocycles. The van der Waals surface area contributed by atoms with E-state index in [0.29, 0.717) is 12.8 Å². The van der Waals surface area contributed by atoms with Crippen LogP contribution in [0.1, 0.15) is 19.3 Å². The first-order valence-corrected chi connectivity index (χ1v) is 8.51. The number of amides is 1. The Morgan fingerprint density at radius 3 is 2.86 bits per heavy atom. The molecule has 1 unspecified atom stereocenters. The lowest BCUT2D eigenvalue weighted by Crippen LogP contribution is -2.49. The van der Waals surface area contributed by atoms with Gasteiger partial charge in [-0.05, 0) is 18.9 Å². The molecule has 1 aliphatic rings. The van der Waals surface area contributed by atoms with Gasteiger partial charge in [-0.3, -0.25) is 19.9 Å². The quantitative estimate of drug-likeness (QED) is 0.642. The molecule has 0 radical (unpaired) electrons. The molecule has 1 fully saturated rings. The molecule has 0 spiro atoms. The van der Waals surface area contributed by atoms with Crippen LogP contribution in [0.5, 0.6) is 0 Å². The van der Waals surface area contributed by atoms with Crippen molar-refractivity contribution in [1.29, 1.82) is 0 Å². The summed E-state index contributed by atoms with van der Waals surface area (Å²) in [6, 6.07) is 0.459. The van der Waals surface area contributed by atoms with Crippen molar-refractivity contribution >= 4 is 27.3 Å². The van der Waals surface area contributed by atoms with Gasteiger partial charge in [-0.15, -0.1) is 0 Å². The summed E-state index contributed by atoms with van der Waals surface area (Å²) in [5.74, 6) is -0.570. The second-order valence-electron chi connectivity index (χ2n) is 5.02. The molecule has 0 aromatic carbocycles. The van der Waals surface area contributed by atoms with Crippen molar-refractivity contribution in [2.24, 2.45) is 0 Å². The Morgan fingerprint density at radius 1 is 1.50 bits per heavy atom. The molecule has 9 nitrogen and oxygen atoms in total. The summed E-state index contributed by atoms with van der Waals surface area (Å²) in [6.07, 6.45) is 5.20. The van der Waals surface area contributed by atoms with Gasteiger partial charge in [0, 0.05) is 12.7 Å². The van der Waals surface area contributed by atoms with Crippen molar-refractivity contribution in [3.05, 3.63) is 28.6 Å². The molecule has 120 valence electrons. The highest BCUT2D eigenvalue weighted by atomic mass is 32.2. The van der Waals surface area contributed by atoms with E-state index in [1.807, 2.05) is 0 Å². The number of anilines is 1. The Bertz CT molecular complexity index is 691. The van der Waals surface area contributed by atoms with Crippen molar-refractivity contribution in [3.63, 3.8) is 0 Å². The van der Waals surface area contributed by atoms with E-state index in [0.717, 1.165) is 23.2 Å². The Kier molecular flexibility index (Phi) is 4.71. The van der Waals surface area contributed by atoms with E-state index in [-0.39, 0.29) is 17.9 Å². The second-order valence-corrected chi connectivity index (χ2v) is 6.96. The molecule has 1 N–H and O–H groups in total. The van der Waals surface area contributed by atoms with E-state index in [2.05, 4.69) is 10.3 Å². The molecule has 1 aromatic rings. The molecule has 0 aliphatic carbocycles. The standard InChI is InChI=1S/C12H16N4O5S/c1-22(20,21)15-7-3-2-4-10(15)12(17)14-9-5-6-13-8-11(9)16(18)19/h5-6,8,10H,2-4,7H2,1H3,(H,13,14,17). The summed E-state index contributed by atoms with van der Waals surface area (Å²) < 4.78 is 24.7. The van der Waals surface area contributed by atoms with Gasteiger partial charge in [0.25, 0.3) is 0 Å². The van der Waals surface area contributed by atoms with Gasteiger partial charge < -0.3 is 5.32 Å². The summed E-state index contributed by atoms with van der Waals surface area (Å²) in [4.78, 5) is 26.2. The fraction of sp³-hybridized carbons (Fsp3) is 0.500. The fourth-order valence-electron chi connectivity index (χ4n) is 2.42. The summed E-state index contributed by atoms with van der Waals surface area (Å²) in [5, 5.41) is 13.3. The van der Waals surface area contributed by atoms with Gasteiger partial charge in [0.1, 0.15) is 17.9 Å². The van der Waals surface area contributed by atoms with Crippen LogP contribution in [0.4, 0.5) is 11.4 Å². The zero-order valence-electron chi connectivity index (χ0n) is 11.9. The molecule has 0 bridgehead atoms. The van der Waals surface area contributed by atoms with Crippen molar-refractivity contribution in [2.75, 3.05) is 18.1 Å². The third-order valence-electron chi connectivity index (χ3n) is 3.44. The highest BCUT2D eigenvalue weighted by molar-refractivity contribution is 7.88. The van der Waals surface area contributed by atoms with Crippen LogP contribution in [-0.4, -0.2) is 47.4 Å². The molecule has 1 aromatic heterocycles. The molecule has 1 saturated heterocycles. The molecular weight excluding hydrogens is 312 g/mol. The SMILES string of the molecule is CS(=O)(=O)N1CCCCC1C(=O)Nc1ccncc1[N+](=O)[O-]. The molecule has 22 heavy (non-hydrogen) atoms. The number of hydrogen-bond acceptors (Lipinski definition) is 6. The largest absolute Gasteiger partial charge is 0.319 e. The molecule has 2 rings (SSSR count). The van der Waals surface area contributed by atoms with Crippen LogP contribution < -0.4 is 5.32 Å². The van der Waals surface area contributed by atoms with Crippen LogP contribution in [0.2, 0.25) is 0 Å². The second kappa shape index (κ2) is 6.36. The number of pyridine rings is 1. The van der Waals surface area contributed by atoms with Crippen LogP contribution in [0, 0.1) is 10.1 Å². The van der Waals surface area contributed by atoms with Crippen molar-refractivity contribution in [1.82, 2.24) is 9.29 Å². The van der Waals surface area contributed by atoms with E-state index in [1.54, 1.807) is 0 Å². The number of aromatic nitrogens is 1. The van der Waals surface area contributed by atoms with E-state index < -0.39 is 26.9 Å². The Balaban J connectivity index is 2.23. The Morgan fingerprint density at radius 2 is 2.23 bits per heavy atom. The van der Waals surface area contributed by atoms with Crippen molar-refractivity contribution < 1.29 is 18.1 Å². The number of nitrogens with zero attached hydrogens (tertiary/aromatic N) is 3. The lowest BCUT2D eigenvalue weighted by Gasteiger charge is -2.32. The average Bonchev–Trinajstić information content (AvgIpc) is 2.46. The number of carbonyl (C=O) groups excluding carboxylic acids is 1. The van der Waals surface area contributed by atoms with Gasteiger partial charge >= 0.3 is 5.69 Å². The number of hydrogen-bond donors (Lipinski definition) is 1. The normalized spacial score (nSPS) is 19.6. The molecular formula is C12H16N4O5S. The number of nitrogens with one attached hydrogen (secondary N) is 1. The Hall–Kier alpha value is -2.07. The van der Waals surface area contributed by atoms with E-state index in [4.69, 9.17) is 0 Å². The number of nitro groups is 1. The van der Waals surface area contributed by atoms with Gasteiger partial charge in [0.2, 0.25) is 15.9 Å². The zero-order valence-corrected chi connectivity index (χ0v) is 12.7. The summed E-state index contributed by atoms with van der Waals surface area (Å²) in [6.45, 7) is 0.273. The highest BCUT2D eigenvalue weighted by Gasteiger charge is 2.35. The molecule has 10 heteroatoms. The lowest BCUT2D eigenvalue weighted by molar-refractivity contribution is -0.384. The Labute approximate surface area is 127 Å². The number of sulfonamides is 1. The summed E-state index contributed by atoms with van der Waals surface area (Å²) in [5.41, 5.74) is -0.332. The highest BCUT2D eigenvalue weighted by Crippen LogP contribution is 2.25. The minimum absolute atomic E-state index is 0.00373. The maximum Gasteiger partial charge on any atom is 0.310 e. The molecule has 1 amide bonds. The van der Waals surface area contributed by atoms with Gasteiger partial charge in [0.05, 0.1) is 11.2 Å². The molecule has 2 heterocycles. The molecule has 0 saturated carbocycles. The van der Waals surface area contributed by atoms with E-state index >= 15 is 0 Å². The first kappa shape index (κ1) is 16.3.